The number of pyridine rings is 1. The van der Waals surface area contributed by atoms with Crippen LogP contribution in [0, 0.1) is 0 Å². The second kappa shape index (κ2) is 8.76. The number of carbonyl (C=O) groups excluding carboxylic acids is 1. The van der Waals surface area contributed by atoms with E-state index < -0.39 is 0 Å². The number of amides is 1. The molecule has 1 aromatic carbocycles. The number of halogens is 1. The van der Waals surface area contributed by atoms with Crippen molar-refractivity contribution in [2.24, 2.45) is 0 Å². The van der Waals surface area contributed by atoms with Crippen LogP contribution in [0.5, 0.6) is 0 Å². The molecule has 0 radical (unpaired) electrons. The smallest absolute Gasteiger partial charge is 0.257 e. The monoisotopic (exact) mass is 397 g/mol. The number of fused-ring (bicyclic) bond motifs is 1. The molecule has 1 saturated heterocycles. The molecule has 0 atom stereocenters. The van der Waals surface area contributed by atoms with Crippen LogP contribution in [-0.2, 0) is 17.7 Å². The molecule has 3 heterocycles. The zero-order chi connectivity index (χ0) is 19.3. The summed E-state index contributed by atoms with van der Waals surface area (Å²) in [6, 6.07) is 12.0. The molecule has 6 heteroatoms. The molecule has 1 amide bonds. The maximum absolute atomic E-state index is 13.0. The van der Waals surface area contributed by atoms with Crippen LogP contribution >= 0.6 is 11.6 Å². The summed E-state index contributed by atoms with van der Waals surface area (Å²) in [6.07, 6.45) is 6.72. The highest BCUT2D eigenvalue weighted by molar-refractivity contribution is 6.31. The molecule has 3 aromatic rings. The lowest BCUT2D eigenvalue weighted by atomic mass is 10.1. The second-order valence-electron chi connectivity index (χ2n) is 7.06. The molecule has 2 aromatic heterocycles. The minimum atomic E-state index is 0.0433. The summed E-state index contributed by atoms with van der Waals surface area (Å²) in [5, 5.41) is 0.830. The number of morpholine rings is 1. The van der Waals surface area contributed by atoms with Gasteiger partial charge >= 0.3 is 0 Å². The Balaban J connectivity index is 1.47. The topological polar surface area (TPSA) is 47.4 Å². The van der Waals surface area contributed by atoms with Crippen molar-refractivity contribution in [3.05, 3.63) is 64.9 Å². The van der Waals surface area contributed by atoms with Crippen LogP contribution in [0.3, 0.4) is 0 Å². The molecule has 0 saturated carbocycles. The van der Waals surface area contributed by atoms with Crippen LogP contribution in [0.4, 0.5) is 0 Å². The first-order chi connectivity index (χ1) is 13.7. The van der Waals surface area contributed by atoms with Gasteiger partial charge in [-0.05, 0) is 43.0 Å². The fourth-order valence-electron chi connectivity index (χ4n) is 3.70. The number of hydrogen-bond acceptors (Lipinski definition) is 3. The van der Waals surface area contributed by atoms with Crippen LogP contribution in [0.25, 0.3) is 11.0 Å². The van der Waals surface area contributed by atoms with Gasteiger partial charge in [0.1, 0.15) is 5.52 Å². The molecule has 0 spiro atoms. The number of nitrogens with zero attached hydrogens (tertiary/aromatic N) is 3. The minimum absolute atomic E-state index is 0.0433. The molecule has 4 rings (SSSR count). The highest BCUT2D eigenvalue weighted by Gasteiger charge is 2.23. The molecule has 1 aliphatic heterocycles. The van der Waals surface area contributed by atoms with Gasteiger partial charge in [0.2, 0.25) is 0 Å². The average molecular weight is 398 g/mol. The largest absolute Gasteiger partial charge is 0.378 e. The van der Waals surface area contributed by atoms with Crippen LogP contribution in [0.15, 0.2) is 48.8 Å². The summed E-state index contributed by atoms with van der Waals surface area (Å²) >= 11 is 6.25. The van der Waals surface area contributed by atoms with Crippen LogP contribution in [-0.4, -0.2) is 46.7 Å². The number of benzene rings is 1. The highest BCUT2D eigenvalue weighted by atomic mass is 35.5. The summed E-state index contributed by atoms with van der Waals surface area (Å²) in [5.74, 6) is 0.0433. The van der Waals surface area contributed by atoms with E-state index in [4.69, 9.17) is 16.3 Å². The summed E-state index contributed by atoms with van der Waals surface area (Å²) in [7, 11) is 0. The molecule has 1 aliphatic rings. The normalized spacial score (nSPS) is 14.5. The number of unbranched alkanes of at least 4 members (excludes halogenated alkanes) is 1. The fourth-order valence-corrected chi connectivity index (χ4v) is 3.93. The molecule has 146 valence electrons. The first kappa shape index (κ1) is 19.0. The van der Waals surface area contributed by atoms with E-state index in [0.29, 0.717) is 31.9 Å². The lowest BCUT2D eigenvalue weighted by molar-refractivity contribution is 0.0304. The number of hydrogen-bond donors (Lipinski definition) is 0. The second-order valence-corrected chi connectivity index (χ2v) is 7.47. The van der Waals surface area contributed by atoms with E-state index in [1.807, 2.05) is 41.4 Å². The summed E-state index contributed by atoms with van der Waals surface area (Å²) in [4.78, 5) is 19.3. The van der Waals surface area contributed by atoms with Gasteiger partial charge in [-0.15, -0.1) is 0 Å². The van der Waals surface area contributed by atoms with Gasteiger partial charge in [-0.25, -0.2) is 0 Å². The fraction of sp³-hybridized carbons (Fsp3) is 0.364. The Bertz CT molecular complexity index is 963. The quantitative estimate of drug-likeness (QED) is 0.586. The van der Waals surface area contributed by atoms with E-state index in [0.717, 1.165) is 41.9 Å². The lowest BCUT2D eigenvalue weighted by Gasteiger charge is -2.26. The third-order valence-electron chi connectivity index (χ3n) is 5.22. The number of carbonyl (C=O) groups is 1. The molecular weight excluding hydrogens is 374 g/mol. The highest BCUT2D eigenvalue weighted by Crippen LogP contribution is 2.22. The van der Waals surface area contributed by atoms with Gasteiger partial charge in [0, 0.05) is 37.1 Å². The van der Waals surface area contributed by atoms with Crippen molar-refractivity contribution in [2.75, 3.05) is 26.3 Å². The van der Waals surface area contributed by atoms with E-state index in [1.54, 1.807) is 6.20 Å². The van der Waals surface area contributed by atoms with Crippen LogP contribution in [0.1, 0.15) is 28.8 Å². The Hall–Kier alpha value is -2.37. The first-order valence-electron chi connectivity index (χ1n) is 9.78. The molecule has 0 N–H and O–H groups in total. The Kier molecular flexibility index (Phi) is 5.93. The Morgan fingerprint density at radius 2 is 1.93 bits per heavy atom. The van der Waals surface area contributed by atoms with Crippen LogP contribution in [0.2, 0.25) is 5.02 Å². The molecule has 0 bridgehead atoms. The van der Waals surface area contributed by atoms with Gasteiger partial charge in [0.25, 0.3) is 5.91 Å². The predicted octanol–water partition coefficient (Wildman–Crippen LogP) is 4.19. The van der Waals surface area contributed by atoms with E-state index in [1.165, 1.54) is 5.56 Å². The third kappa shape index (κ3) is 4.05. The van der Waals surface area contributed by atoms with E-state index >= 15 is 0 Å². The number of rotatable bonds is 6. The van der Waals surface area contributed by atoms with Gasteiger partial charge in [0.15, 0.2) is 0 Å². The lowest BCUT2D eigenvalue weighted by Crippen LogP contribution is -2.40. The number of ether oxygens (including phenoxy) is 1. The minimum Gasteiger partial charge on any atom is -0.378 e. The van der Waals surface area contributed by atoms with E-state index in [9.17, 15) is 4.79 Å². The standard InChI is InChI=1S/C22H24ClN3O2/c23-19-8-2-1-6-17(19)7-3-4-11-26-16-18(21-20(26)9-5-10-24-21)22(27)25-12-14-28-15-13-25/h1-2,5-6,8-10,16H,3-4,7,11-15H2. The maximum Gasteiger partial charge on any atom is 0.257 e. The predicted molar refractivity (Wildman–Crippen MR) is 111 cm³/mol. The number of aromatic nitrogens is 2. The third-order valence-corrected chi connectivity index (χ3v) is 5.59. The molecular formula is C22H24ClN3O2. The van der Waals surface area contributed by atoms with Crippen molar-refractivity contribution < 1.29 is 9.53 Å². The summed E-state index contributed by atoms with van der Waals surface area (Å²) in [6.45, 7) is 3.31. The molecule has 1 fully saturated rings. The van der Waals surface area contributed by atoms with Crippen molar-refractivity contribution in [3.8, 4) is 0 Å². The van der Waals surface area contributed by atoms with Crippen molar-refractivity contribution >= 4 is 28.5 Å². The zero-order valence-corrected chi connectivity index (χ0v) is 16.6. The average Bonchev–Trinajstić information content (AvgIpc) is 3.11. The SMILES string of the molecule is O=C(c1cn(CCCCc2ccccc2Cl)c2cccnc12)N1CCOCC1. The summed E-state index contributed by atoms with van der Waals surface area (Å²) in [5.41, 5.74) is 3.66. The Morgan fingerprint density at radius 3 is 2.75 bits per heavy atom. The van der Waals surface area contributed by atoms with Gasteiger partial charge in [-0.2, -0.15) is 0 Å². The van der Waals surface area contributed by atoms with Crippen molar-refractivity contribution in [2.45, 2.75) is 25.8 Å². The Labute approximate surface area is 169 Å². The van der Waals surface area contributed by atoms with Gasteiger partial charge < -0.3 is 14.2 Å². The Morgan fingerprint density at radius 1 is 1.11 bits per heavy atom. The van der Waals surface area contributed by atoms with Crippen molar-refractivity contribution in [3.63, 3.8) is 0 Å². The molecule has 0 unspecified atom stereocenters. The molecule has 28 heavy (non-hydrogen) atoms. The van der Waals surface area contributed by atoms with Gasteiger partial charge in [-0.3, -0.25) is 9.78 Å². The first-order valence-corrected chi connectivity index (χ1v) is 10.2. The van der Waals surface area contributed by atoms with Gasteiger partial charge in [-0.1, -0.05) is 29.8 Å². The maximum atomic E-state index is 13.0. The van der Waals surface area contributed by atoms with Gasteiger partial charge in [0.05, 0.1) is 24.3 Å². The van der Waals surface area contributed by atoms with Crippen LogP contribution < -0.4 is 0 Å². The summed E-state index contributed by atoms with van der Waals surface area (Å²) < 4.78 is 7.52. The number of aryl methyl sites for hydroxylation is 2. The zero-order valence-electron chi connectivity index (χ0n) is 15.8. The molecule has 0 aliphatic carbocycles. The molecule has 5 nitrogen and oxygen atoms in total. The van der Waals surface area contributed by atoms with E-state index in [-0.39, 0.29) is 5.91 Å². The van der Waals surface area contributed by atoms with Crippen molar-refractivity contribution in [1.82, 2.24) is 14.5 Å². The van der Waals surface area contributed by atoms with E-state index in [2.05, 4.69) is 15.6 Å². The van der Waals surface area contributed by atoms with Crippen molar-refractivity contribution in [1.29, 1.82) is 0 Å².